The number of aromatic amines is 2. The highest BCUT2D eigenvalue weighted by atomic mass is 35.5. The molecule has 0 radical (unpaired) electrons. The minimum absolute atomic E-state index is 0.0162. The molecule has 2 aromatic carbocycles. The van der Waals surface area contributed by atoms with Gasteiger partial charge in [0.05, 0.1) is 21.6 Å². The Kier molecular flexibility index (Phi) is 6.20. The first kappa shape index (κ1) is 24.6. The van der Waals surface area contributed by atoms with Crippen molar-refractivity contribution < 1.29 is 13.6 Å². The van der Waals surface area contributed by atoms with Crippen LogP contribution in [-0.4, -0.2) is 43.2 Å². The van der Waals surface area contributed by atoms with Crippen molar-refractivity contribution in [3.63, 3.8) is 0 Å². The highest BCUT2D eigenvalue weighted by molar-refractivity contribution is 6.42. The Morgan fingerprint density at radius 3 is 2.66 bits per heavy atom. The number of likely N-dealkylation sites (tertiary alicyclic amines) is 1. The van der Waals surface area contributed by atoms with Crippen molar-refractivity contribution in [3.05, 3.63) is 103 Å². The normalized spacial score (nSPS) is 14.6. The lowest BCUT2D eigenvalue weighted by Gasteiger charge is -2.31. The average Bonchev–Trinajstić information content (AvgIpc) is 3.47. The van der Waals surface area contributed by atoms with E-state index in [1.807, 2.05) is 0 Å². The van der Waals surface area contributed by atoms with Crippen LogP contribution in [0.5, 0.6) is 0 Å². The second-order valence-electron chi connectivity index (χ2n) is 9.45. The van der Waals surface area contributed by atoms with E-state index in [1.165, 1.54) is 36.5 Å². The standard InChI is InChI=1S/C27H21Cl2F2N5O2/c28-19-12-23-26(37)32-13-17(36(23)24(19)29)9-14-1-3-20(31)18(10-14)27(38)35-7-5-15(6-8-35)25-33-21-4-2-16(30)11-22(21)34-25/h1-4,10-13,15H,5-9H2,(H,32,37)(H,33,34). The highest BCUT2D eigenvalue weighted by Gasteiger charge is 2.28. The third-order valence-electron chi connectivity index (χ3n) is 7.07. The molecule has 1 aliphatic rings. The molecule has 5 aromatic rings. The van der Waals surface area contributed by atoms with E-state index in [0.29, 0.717) is 53.7 Å². The molecule has 0 atom stereocenters. The summed E-state index contributed by atoms with van der Waals surface area (Å²) in [5, 5.41) is 0.455. The van der Waals surface area contributed by atoms with Crippen molar-refractivity contribution >= 4 is 45.7 Å². The van der Waals surface area contributed by atoms with E-state index < -0.39 is 5.82 Å². The Labute approximate surface area is 225 Å². The number of carbonyl (C=O) groups excluding carboxylic acids is 1. The number of aromatic nitrogens is 4. The van der Waals surface area contributed by atoms with E-state index in [1.54, 1.807) is 21.4 Å². The van der Waals surface area contributed by atoms with Crippen LogP contribution in [0.2, 0.25) is 10.2 Å². The number of hydrogen-bond donors (Lipinski definition) is 2. The van der Waals surface area contributed by atoms with Gasteiger partial charge in [0.25, 0.3) is 11.5 Å². The molecule has 1 aliphatic heterocycles. The van der Waals surface area contributed by atoms with Crippen LogP contribution in [0.15, 0.2) is 53.5 Å². The van der Waals surface area contributed by atoms with Crippen molar-refractivity contribution in [2.24, 2.45) is 0 Å². The van der Waals surface area contributed by atoms with Crippen molar-refractivity contribution in [1.82, 2.24) is 24.3 Å². The van der Waals surface area contributed by atoms with Crippen LogP contribution >= 0.6 is 23.2 Å². The number of nitrogens with one attached hydrogen (secondary N) is 2. The zero-order chi connectivity index (χ0) is 26.6. The second kappa shape index (κ2) is 9.56. The fourth-order valence-electron chi connectivity index (χ4n) is 5.10. The van der Waals surface area contributed by atoms with Crippen LogP contribution < -0.4 is 5.56 Å². The zero-order valence-electron chi connectivity index (χ0n) is 19.9. The fraction of sp³-hybridized carbons (Fsp3) is 0.222. The third-order valence-corrected chi connectivity index (χ3v) is 7.82. The smallest absolute Gasteiger partial charge is 0.272 e. The van der Waals surface area contributed by atoms with Gasteiger partial charge in [0, 0.05) is 37.3 Å². The van der Waals surface area contributed by atoms with Crippen LogP contribution in [0.4, 0.5) is 8.78 Å². The minimum Gasteiger partial charge on any atom is -0.342 e. The number of halogens is 4. The number of imidazole rings is 1. The number of fused-ring (bicyclic) bond motifs is 2. The average molecular weight is 556 g/mol. The molecule has 1 saturated heterocycles. The molecule has 1 fully saturated rings. The molecule has 38 heavy (non-hydrogen) atoms. The van der Waals surface area contributed by atoms with Gasteiger partial charge >= 0.3 is 0 Å². The predicted molar refractivity (Wildman–Crippen MR) is 141 cm³/mol. The van der Waals surface area contributed by atoms with Crippen molar-refractivity contribution in [2.45, 2.75) is 25.2 Å². The maximum Gasteiger partial charge on any atom is 0.272 e. The summed E-state index contributed by atoms with van der Waals surface area (Å²) in [4.78, 5) is 37.5. The molecule has 6 rings (SSSR count). The summed E-state index contributed by atoms with van der Waals surface area (Å²) >= 11 is 12.4. The fourth-order valence-corrected chi connectivity index (χ4v) is 5.54. The molecule has 0 spiro atoms. The minimum atomic E-state index is -0.603. The van der Waals surface area contributed by atoms with E-state index in [0.717, 1.165) is 5.82 Å². The Morgan fingerprint density at radius 2 is 1.87 bits per heavy atom. The SMILES string of the molecule is O=C(c1cc(Cc2c[nH]c(=O)c3cc(Cl)c(Cl)n23)ccc1F)N1CCC(c2nc3ccc(F)cc3[nH]2)CC1. The van der Waals surface area contributed by atoms with Gasteiger partial charge in [-0.3, -0.25) is 14.0 Å². The molecule has 11 heteroatoms. The van der Waals surface area contributed by atoms with Crippen LogP contribution in [-0.2, 0) is 6.42 Å². The summed E-state index contributed by atoms with van der Waals surface area (Å²) in [6, 6.07) is 10.3. The van der Waals surface area contributed by atoms with E-state index in [2.05, 4.69) is 15.0 Å². The van der Waals surface area contributed by atoms with Gasteiger partial charge in [-0.1, -0.05) is 29.3 Å². The van der Waals surface area contributed by atoms with E-state index >= 15 is 0 Å². The Morgan fingerprint density at radius 1 is 1.08 bits per heavy atom. The number of rotatable bonds is 4. The summed E-state index contributed by atoms with van der Waals surface area (Å²) in [7, 11) is 0. The molecule has 0 unspecified atom stereocenters. The maximum atomic E-state index is 14.8. The molecule has 0 aliphatic carbocycles. The van der Waals surface area contributed by atoms with E-state index in [9.17, 15) is 18.4 Å². The molecule has 1 amide bonds. The van der Waals surface area contributed by atoms with Crippen molar-refractivity contribution in [3.8, 4) is 0 Å². The lowest BCUT2D eigenvalue weighted by Crippen LogP contribution is -2.38. The number of H-pyrrole nitrogens is 2. The summed E-state index contributed by atoms with van der Waals surface area (Å²) < 4.78 is 29.9. The van der Waals surface area contributed by atoms with E-state index in [4.69, 9.17) is 23.2 Å². The number of amides is 1. The number of piperidine rings is 1. The van der Waals surface area contributed by atoms with Gasteiger partial charge in [-0.15, -0.1) is 0 Å². The van der Waals surface area contributed by atoms with Crippen LogP contribution in [0.1, 0.15) is 46.2 Å². The van der Waals surface area contributed by atoms with Gasteiger partial charge in [0.15, 0.2) is 0 Å². The van der Waals surface area contributed by atoms with Crippen LogP contribution in [0, 0.1) is 11.6 Å². The quantitative estimate of drug-likeness (QED) is 0.298. The number of carbonyl (C=O) groups is 1. The molecule has 0 bridgehead atoms. The highest BCUT2D eigenvalue weighted by Crippen LogP contribution is 2.30. The zero-order valence-corrected chi connectivity index (χ0v) is 21.4. The monoisotopic (exact) mass is 555 g/mol. The molecular formula is C27H21Cl2F2N5O2. The molecule has 0 saturated carbocycles. The lowest BCUT2D eigenvalue weighted by atomic mass is 9.95. The van der Waals surface area contributed by atoms with Crippen molar-refractivity contribution in [1.29, 1.82) is 0 Å². The molecule has 7 nitrogen and oxygen atoms in total. The molecule has 194 valence electrons. The summed E-state index contributed by atoms with van der Waals surface area (Å²) in [5.74, 6) is -0.465. The Balaban J connectivity index is 1.20. The number of benzene rings is 2. The lowest BCUT2D eigenvalue weighted by molar-refractivity contribution is 0.0706. The Hall–Kier alpha value is -3.69. The summed E-state index contributed by atoms with van der Waals surface area (Å²) in [6.45, 7) is 0.882. The van der Waals surface area contributed by atoms with Crippen molar-refractivity contribution in [2.75, 3.05) is 13.1 Å². The van der Waals surface area contributed by atoms with Gasteiger partial charge < -0.3 is 14.9 Å². The maximum absolute atomic E-state index is 14.8. The van der Waals surface area contributed by atoms with Crippen LogP contribution in [0.25, 0.3) is 16.6 Å². The van der Waals surface area contributed by atoms with Gasteiger partial charge in [-0.2, -0.15) is 0 Å². The Bertz CT molecular complexity index is 1770. The topological polar surface area (TPSA) is 86.3 Å². The van der Waals surface area contributed by atoms with Gasteiger partial charge in [-0.25, -0.2) is 13.8 Å². The number of hydrogen-bond acceptors (Lipinski definition) is 3. The largest absolute Gasteiger partial charge is 0.342 e. The van der Waals surface area contributed by atoms with Gasteiger partial charge in [-0.05, 0) is 54.8 Å². The molecule has 3 aromatic heterocycles. The van der Waals surface area contributed by atoms with Crippen LogP contribution in [0.3, 0.4) is 0 Å². The first-order valence-electron chi connectivity index (χ1n) is 12.1. The van der Waals surface area contributed by atoms with Gasteiger partial charge in [0.2, 0.25) is 0 Å². The van der Waals surface area contributed by atoms with E-state index in [-0.39, 0.29) is 45.4 Å². The first-order chi connectivity index (χ1) is 18.3. The summed E-state index contributed by atoms with van der Waals surface area (Å²) in [6.07, 6.45) is 3.11. The second-order valence-corrected chi connectivity index (χ2v) is 10.2. The van der Waals surface area contributed by atoms with Gasteiger partial charge in [0.1, 0.15) is 28.1 Å². The summed E-state index contributed by atoms with van der Waals surface area (Å²) in [5.41, 5.74) is 2.59. The molecular weight excluding hydrogens is 535 g/mol. The molecule has 4 heterocycles. The third kappa shape index (κ3) is 4.35. The predicted octanol–water partition coefficient (Wildman–Crippen LogP) is 5.70. The first-order valence-corrected chi connectivity index (χ1v) is 12.8. The molecule has 2 N–H and O–H groups in total. The number of nitrogens with zero attached hydrogens (tertiary/aromatic N) is 3.